The number of benzene rings is 1. The van der Waals surface area contributed by atoms with Gasteiger partial charge in [-0.3, -0.25) is 4.18 Å². The predicted octanol–water partition coefficient (Wildman–Crippen LogP) is -8.46. The van der Waals surface area contributed by atoms with Crippen LogP contribution in [0.15, 0.2) is 30.3 Å². The molecule has 0 aromatic heterocycles. The van der Waals surface area contributed by atoms with Gasteiger partial charge in [-0.2, -0.15) is 0 Å². The third-order valence-electron chi connectivity index (χ3n) is 4.02. The van der Waals surface area contributed by atoms with E-state index < -0.39 is 58.0 Å². The van der Waals surface area contributed by atoms with Gasteiger partial charge in [0.2, 0.25) is 10.4 Å². The summed E-state index contributed by atoms with van der Waals surface area (Å²) in [7, 11) is -10.6. The van der Waals surface area contributed by atoms with Crippen LogP contribution in [0.25, 0.3) is 0 Å². The molecule has 4 N–H and O–H groups in total. The molecule has 172 valence electrons. The summed E-state index contributed by atoms with van der Waals surface area (Å²) in [6.07, 6.45) is -6.22. The summed E-state index contributed by atoms with van der Waals surface area (Å²) in [5, 5.41) is 9.67. The Hall–Kier alpha value is 0.760. The second kappa shape index (κ2) is 15.0. The first kappa shape index (κ1) is 32.8. The molecule has 17 heteroatoms. The zero-order valence-corrected chi connectivity index (χ0v) is 23.2. The number of hydrogen-bond acceptors (Lipinski definition) is 12. The molecule has 0 spiro atoms. The van der Waals surface area contributed by atoms with E-state index in [-0.39, 0.29) is 78.9 Å². The number of ether oxygens (including phenoxy) is 3. The van der Waals surface area contributed by atoms with Crippen molar-refractivity contribution in [2.45, 2.75) is 37.3 Å². The van der Waals surface area contributed by atoms with Gasteiger partial charge in [0.15, 0.2) is 16.6 Å². The van der Waals surface area contributed by atoms with Gasteiger partial charge in [0.05, 0.1) is 19.8 Å². The van der Waals surface area contributed by atoms with E-state index in [9.17, 15) is 31.0 Å². The summed E-state index contributed by atoms with van der Waals surface area (Å²) >= 11 is 0. The SMILES string of the molecule is NCCO[C@H]1O[C@H](CO)[C@@H](OCc2ccccc2)[C@H](OS(=O)(=O)[O-])[C@H]1NS(=O)(=O)[O-].[Na+].[Na+]. The average molecular weight is 516 g/mol. The molecule has 5 atom stereocenters. The second-order valence-corrected chi connectivity index (χ2v) is 8.37. The maximum Gasteiger partial charge on any atom is 1.00 e. The predicted molar refractivity (Wildman–Crippen MR) is 97.0 cm³/mol. The van der Waals surface area contributed by atoms with E-state index in [0.29, 0.717) is 5.56 Å². The zero-order chi connectivity index (χ0) is 22.4. The molecule has 1 aromatic rings. The molecule has 2 rings (SSSR count). The smallest absolute Gasteiger partial charge is 0.735 e. The van der Waals surface area contributed by atoms with Gasteiger partial charge in [-0.05, 0) is 5.56 Å². The molecule has 0 saturated carbocycles. The monoisotopic (exact) mass is 516 g/mol. The van der Waals surface area contributed by atoms with Crippen LogP contribution >= 0.6 is 0 Å². The standard InChI is InChI=1S/C15H24N2O11S2.2Na/c16-6-7-25-15-12(17-29(19,20)21)14(28-30(22,23)24)13(11(8-18)27-15)26-9-10-4-2-1-3-5-10;;/h1-5,11-15,17-18H,6-9,16H2,(H,19,20,21)(H,22,23,24);;/q;2*+1/p-2/t11-,12-,13-,14-,15+;;/m1../s1. The number of nitrogens with one attached hydrogen (secondary N) is 1. The number of aliphatic hydroxyl groups excluding tert-OH is 1. The van der Waals surface area contributed by atoms with Gasteiger partial charge in [-0.15, -0.1) is 0 Å². The fourth-order valence-electron chi connectivity index (χ4n) is 2.89. The summed E-state index contributed by atoms with van der Waals surface area (Å²) in [6.45, 7) is -1.06. The Balaban J connectivity index is 0.00000480. The van der Waals surface area contributed by atoms with Crippen molar-refractivity contribution in [1.82, 2.24) is 4.72 Å². The molecule has 1 aliphatic rings. The van der Waals surface area contributed by atoms with Crippen LogP contribution in [-0.4, -0.2) is 81.4 Å². The molecule has 0 unspecified atom stereocenters. The minimum Gasteiger partial charge on any atom is -0.735 e. The van der Waals surface area contributed by atoms with E-state index in [2.05, 4.69) is 4.18 Å². The van der Waals surface area contributed by atoms with Crippen molar-refractivity contribution >= 4 is 20.7 Å². The van der Waals surface area contributed by atoms with Crippen LogP contribution in [0.1, 0.15) is 5.56 Å². The molecule has 1 fully saturated rings. The third kappa shape index (κ3) is 11.0. The van der Waals surface area contributed by atoms with Crippen LogP contribution in [0.2, 0.25) is 0 Å². The van der Waals surface area contributed by atoms with Crippen LogP contribution in [-0.2, 0) is 45.7 Å². The first-order valence-corrected chi connectivity index (χ1v) is 11.4. The maximum atomic E-state index is 11.3. The topological polar surface area (TPSA) is 210 Å². The van der Waals surface area contributed by atoms with Crippen LogP contribution in [0.5, 0.6) is 0 Å². The van der Waals surface area contributed by atoms with Gasteiger partial charge in [0.1, 0.15) is 24.4 Å². The molecule has 1 saturated heterocycles. The van der Waals surface area contributed by atoms with Gasteiger partial charge >= 0.3 is 59.1 Å². The van der Waals surface area contributed by atoms with E-state index in [1.165, 1.54) is 0 Å². The van der Waals surface area contributed by atoms with Crippen molar-refractivity contribution in [3.05, 3.63) is 35.9 Å². The first-order valence-electron chi connectivity index (χ1n) is 8.65. The molecule has 1 heterocycles. The summed E-state index contributed by atoms with van der Waals surface area (Å²) in [4.78, 5) is 0. The molecule has 1 aromatic carbocycles. The number of hydrogen-bond donors (Lipinski definition) is 3. The molecule has 0 radical (unpaired) electrons. The Labute approximate surface area is 230 Å². The van der Waals surface area contributed by atoms with Crippen LogP contribution in [0.4, 0.5) is 0 Å². The minimum atomic E-state index is -5.39. The summed E-state index contributed by atoms with van der Waals surface area (Å²) in [5.74, 6) is 0. The van der Waals surface area contributed by atoms with Crippen molar-refractivity contribution in [2.24, 2.45) is 5.73 Å². The molecule has 0 aliphatic carbocycles. The first-order chi connectivity index (χ1) is 14.0. The van der Waals surface area contributed by atoms with Gasteiger partial charge in [-0.1, -0.05) is 30.3 Å². The van der Waals surface area contributed by atoms with E-state index in [1.807, 2.05) is 0 Å². The molecular formula is C15H22N2Na2O11S2. The normalized spacial score (nSPS) is 26.1. The quantitative estimate of drug-likeness (QED) is 0.142. The zero-order valence-electron chi connectivity index (χ0n) is 17.5. The maximum absolute atomic E-state index is 11.3. The average Bonchev–Trinajstić information content (AvgIpc) is 2.65. The van der Waals surface area contributed by atoms with Crippen LogP contribution < -0.4 is 69.6 Å². The molecule has 32 heavy (non-hydrogen) atoms. The van der Waals surface area contributed by atoms with Crippen molar-refractivity contribution in [2.75, 3.05) is 19.8 Å². The molecule has 13 nitrogen and oxygen atoms in total. The largest absolute Gasteiger partial charge is 1.00 e. The van der Waals surface area contributed by atoms with Gasteiger partial charge in [0.25, 0.3) is 0 Å². The molecule has 0 amide bonds. The summed E-state index contributed by atoms with van der Waals surface area (Å²) in [5.41, 5.74) is 5.97. The van der Waals surface area contributed by atoms with Crippen molar-refractivity contribution in [1.29, 1.82) is 0 Å². The molecular weight excluding hydrogens is 494 g/mol. The number of rotatable bonds is 11. The van der Waals surface area contributed by atoms with Gasteiger partial charge in [-0.25, -0.2) is 21.6 Å². The van der Waals surface area contributed by atoms with E-state index in [1.54, 1.807) is 35.1 Å². The van der Waals surface area contributed by atoms with E-state index in [0.717, 1.165) is 0 Å². The molecule has 0 bridgehead atoms. The van der Waals surface area contributed by atoms with Crippen molar-refractivity contribution < 1.29 is 109 Å². The summed E-state index contributed by atoms with van der Waals surface area (Å²) < 4.78 is 90.1. The van der Waals surface area contributed by atoms with Gasteiger partial charge < -0.3 is 34.2 Å². The van der Waals surface area contributed by atoms with Crippen molar-refractivity contribution in [3.63, 3.8) is 0 Å². The fraction of sp³-hybridized carbons (Fsp3) is 0.600. The molecule has 1 aliphatic heterocycles. The minimum absolute atomic E-state index is 0. The number of aliphatic hydroxyl groups is 1. The fourth-order valence-corrected chi connectivity index (χ4v) is 3.97. The Kier molecular flexibility index (Phi) is 15.4. The van der Waals surface area contributed by atoms with E-state index in [4.69, 9.17) is 19.9 Å². The van der Waals surface area contributed by atoms with Crippen LogP contribution in [0.3, 0.4) is 0 Å². The Morgan fingerprint density at radius 1 is 1.06 bits per heavy atom. The number of nitrogens with two attached hydrogens (primary N) is 1. The van der Waals surface area contributed by atoms with Crippen molar-refractivity contribution in [3.8, 4) is 0 Å². The van der Waals surface area contributed by atoms with Gasteiger partial charge in [0, 0.05) is 6.54 Å². The van der Waals surface area contributed by atoms with Crippen LogP contribution in [0, 0.1) is 0 Å². The Morgan fingerprint density at radius 2 is 1.69 bits per heavy atom. The second-order valence-electron chi connectivity index (χ2n) is 6.21. The summed E-state index contributed by atoms with van der Waals surface area (Å²) in [6, 6.07) is 6.75. The Morgan fingerprint density at radius 3 is 2.19 bits per heavy atom. The third-order valence-corrected chi connectivity index (χ3v) is 5.04. The van der Waals surface area contributed by atoms with E-state index >= 15 is 0 Å². The Bertz CT molecular complexity index is 877.